The maximum atomic E-state index is 12.4. The minimum atomic E-state index is -0.0426. The fourth-order valence-electron chi connectivity index (χ4n) is 3.13. The van der Waals surface area contributed by atoms with Crippen molar-refractivity contribution in [2.45, 2.75) is 37.4 Å². The van der Waals surface area contributed by atoms with Crippen molar-refractivity contribution in [2.75, 3.05) is 7.11 Å². The van der Waals surface area contributed by atoms with Crippen LogP contribution in [0.1, 0.15) is 28.9 Å². The molecule has 2 aromatic rings. The highest BCUT2D eigenvalue weighted by Gasteiger charge is 2.39. The molecule has 0 unspecified atom stereocenters. The molecule has 0 aromatic carbocycles. The Balaban J connectivity index is 1.38. The molecule has 0 radical (unpaired) electrons. The number of nitrogens with one attached hydrogen (secondary N) is 2. The summed E-state index contributed by atoms with van der Waals surface area (Å²) < 4.78 is 10.6. The van der Waals surface area contributed by atoms with Crippen LogP contribution in [0.2, 0.25) is 0 Å². The Hall–Kier alpha value is -1.71. The van der Waals surface area contributed by atoms with E-state index in [2.05, 4.69) is 20.8 Å². The largest absolute Gasteiger partial charge is 0.472 e. The van der Waals surface area contributed by atoms with E-state index in [1.54, 1.807) is 12.1 Å². The molecule has 9 heteroatoms. The predicted octanol–water partition coefficient (Wildman–Crippen LogP) is 2.02. The number of rotatable bonds is 5. The maximum Gasteiger partial charge on any atom is 0.303 e. The molecule has 4 heterocycles. The number of fused-ring (bicyclic) bond motifs is 2. The number of methoxy groups -OCH3 is 1. The lowest BCUT2D eigenvalue weighted by Gasteiger charge is -2.20. The zero-order valence-corrected chi connectivity index (χ0v) is 14.1. The zero-order valence-electron chi connectivity index (χ0n) is 12.4. The number of thiophene rings is 1. The molecule has 0 spiro atoms. The van der Waals surface area contributed by atoms with E-state index in [4.69, 9.17) is 9.47 Å². The first-order chi connectivity index (χ1) is 11.2. The van der Waals surface area contributed by atoms with Crippen LogP contribution < -0.4 is 20.1 Å². The van der Waals surface area contributed by atoms with E-state index in [0.29, 0.717) is 32.4 Å². The monoisotopic (exact) mass is 352 g/mol. The molecule has 23 heavy (non-hydrogen) atoms. The summed E-state index contributed by atoms with van der Waals surface area (Å²) in [5.41, 5.74) is 0. The van der Waals surface area contributed by atoms with E-state index >= 15 is 0 Å². The Labute approximate surface area is 141 Å². The van der Waals surface area contributed by atoms with Crippen LogP contribution in [0.5, 0.6) is 15.5 Å². The van der Waals surface area contributed by atoms with Gasteiger partial charge in [0.2, 0.25) is 0 Å². The number of aromatic nitrogens is 2. The fourth-order valence-corrected chi connectivity index (χ4v) is 4.47. The molecule has 0 saturated carbocycles. The molecule has 2 fully saturated rings. The lowest BCUT2D eigenvalue weighted by atomic mass is 9.95. The quantitative estimate of drug-likeness (QED) is 0.856. The number of carbonyl (C=O) groups is 1. The Morgan fingerprint density at radius 2 is 2.17 bits per heavy atom. The SMILES string of the molecule is COc1nnc(Oc2ccc(C(=O)N[C@@H]3C[C@H]4CC[C@@H]3N4)s2)s1. The summed E-state index contributed by atoms with van der Waals surface area (Å²) in [7, 11) is 1.53. The van der Waals surface area contributed by atoms with Crippen molar-refractivity contribution in [1.29, 1.82) is 0 Å². The molecular formula is C14H16N4O3S2. The van der Waals surface area contributed by atoms with Crippen molar-refractivity contribution < 1.29 is 14.3 Å². The second kappa shape index (κ2) is 6.06. The van der Waals surface area contributed by atoms with Crippen LogP contribution in [0.25, 0.3) is 0 Å². The zero-order chi connectivity index (χ0) is 15.8. The lowest BCUT2D eigenvalue weighted by Crippen LogP contribution is -2.42. The highest BCUT2D eigenvalue weighted by molar-refractivity contribution is 7.16. The van der Waals surface area contributed by atoms with Crippen molar-refractivity contribution in [3.8, 4) is 15.5 Å². The Morgan fingerprint density at radius 3 is 2.87 bits per heavy atom. The van der Waals surface area contributed by atoms with Gasteiger partial charge >= 0.3 is 5.19 Å². The number of hydrogen-bond acceptors (Lipinski definition) is 8. The molecule has 4 rings (SSSR count). The highest BCUT2D eigenvalue weighted by atomic mass is 32.1. The summed E-state index contributed by atoms with van der Waals surface area (Å²) in [4.78, 5) is 13.0. The smallest absolute Gasteiger partial charge is 0.303 e. The summed E-state index contributed by atoms with van der Waals surface area (Å²) in [6.45, 7) is 0. The van der Waals surface area contributed by atoms with Crippen molar-refractivity contribution in [3.63, 3.8) is 0 Å². The van der Waals surface area contributed by atoms with Crippen LogP contribution in [0.4, 0.5) is 0 Å². The van der Waals surface area contributed by atoms with Crippen LogP contribution in [0.3, 0.4) is 0 Å². The number of ether oxygens (including phenoxy) is 2. The van der Waals surface area contributed by atoms with Crippen LogP contribution in [0.15, 0.2) is 12.1 Å². The van der Waals surface area contributed by atoms with Gasteiger partial charge in [-0.25, -0.2) is 0 Å². The summed E-state index contributed by atoms with van der Waals surface area (Å²) in [5, 5.41) is 15.8. The van der Waals surface area contributed by atoms with E-state index in [0.717, 1.165) is 12.8 Å². The van der Waals surface area contributed by atoms with E-state index < -0.39 is 0 Å². The molecule has 122 valence electrons. The first-order valence-corrected chi connectivity index (χ1v) is 9.06. The minimum Gasteiger partial charge on any atom is -0.472 e. The molecule has 2 bridgehead atoms. The summed E-state index contributed by atoms with van der Waals surface area (Å²) in [6, 6.07) is 4.77. The lowest BCUT2D eigenvalue weighted by molar-refractivity contribution is 0.0935. The standard InChI is InChI=1S/C14H16N4O3S2/c1-20-13-17-18-14(23-13)21-11-5-4-10(22-11)12(19)16-9-6-7-2-3-8(9)15-7/h4-5,7-9,15H,2-3,6H2,1H3,(H,16,19)/t7-,8+,9-/m1/s1. The first kappa shape index (κ1) is 14.9. The second-order valence-electron chi connectivity index (χ2n) is 5.62. The fraction of sp³-hybridized carbons (Fsp3) is 0.500. The molecule has 2 saturated heterocycles. The third-order valence-corrected chi connectivity index (χ3v) is 5.90. The van der Waals surface area contributed by atoms with Gasteiger partial charge in [-0.2, -0.15) is 0 Å². The van der Waals surface area contributed by atoms with Crippen molar-refractivity contribution in [1.82, 2.24) is 20.8 Å². The number of carbonyl (C=O) groups excluding carboxylic acids is 1. The number of amides is 1. The van der Waals surface area contributed by atoms with Crippen molar-refractivity contribution in [3.05, 3.63) is 17.0 Å². The maximum absolute atomic E-state index is 12.4. The van der Waals surface area contributed by atoms with Gasteiger partial charge in [-0.1, -0.05) is 21.5 Å². The molecule has 2 aliphatic rings. The van der Waals surface area contributed by atoms with Crippen LogP contribution >= 0.6 is 22.7 Å². The summed E-state index contributed by atoms with van der Waals surface area (Å²) >= 11 is 2.51. The van der Waals surface area contributed by atoms with E-state index in [9.17, 15) is 4.79 Å². The predicted molar refractivity (Wildman–Crippen MR) is 86.7 cm³/mol. The number of nitrogens with zero attached hydrogens (tertiary/aromatic N) is 2. The molecule has 2 N–H and O–H groups in total. The Kier molecular flexibility index (Phi) is 3.92. The first-order valence-electron chi connectivity index (χ1n) is 7.43. The Bertz CT molecular complexity index is 716. The molecule has 1 amide bonds. The van der Waals surface area contributed by atoms with Gasteiger partial charge in [-0.15, -0.1) is 0 Å². The number of hydrogen-bond donors (Lipinski definition) is 2. The average molecular weight is 352 g/mol. The molecule has 7 nitrogen and oxygen atoms in total. The third-order valence-electron chi connectivity index (χ3n) is 4.17. The van der Waals surface area contributed by atoms with Gasteiger partial charge in [0.05, 0.1) is 12.0 Å². The van der Waals surface area contributed by atoms with Gasteiger partial charge in [0.1, 0.15) is 0 Å². The minimum absolute atomic E-state index is 0.0426. The normalized spacial score (nSPS) is 25.5. The van der Waals surface area contributed by atoms with Crippen LogP contribution in [-0.4, -0.2) is 41.3 Å². The van der Waals surface area contributed by atoms with E-state index in [1.165, 1.54) is 36.2 Å². The molecular weight excluding hydrogens is 336 g/mol. The molecule has 2 aromatic heterocycles. The molecule has 2 aliphatic heterocycles. The van der Waals surface area contributed by atoms with Gasteiger partial charge in [-0.3, -0.25) is 4.79 Å². The summed E-state index contributed by atoms with van der Waals surface area (Å²) in [5.74, 6) is -0.0426. The summed E-state index contributed by atoms with van der Waals surface area (Å²) in [6.07, 6.45) is 3.39. The van der Waals surface area contributed by atoms with Gasteiger partial charge < -0.3 is 20.1 Å². The van der Waals surface area contributed by atoms with Crippen LogP contribution in [0, 0.1) is 0 Å². The molecule has 0 aliphatic carbocycles. The van der Waals surface area contributed by atoms with Crippen molar-refractivity contribution >= 4 is 28.6 Å². The van der Waals surface area contributed by atoms with Crippen LogP contribution in [-0.2, 0) is 0 Å². The second-order valence-corrected chi connectivity index (χ2v) is 7.57. The molecule has 3 atom stereocenters. The van der Waals surface area contributed by atoms with Gasteiger partial charge in [-0.05, 0) is 42.7 Å². The highest BCUT2D eigenvalue weighted by Crippen LogP contribution is 2.33. The Morgan fingerprint density at radius 1 is 1.30 bits per heavy atom. The van der Waals surface area contributed by atoms with Crippen molar-refractivity contribution in [2.24, 2.45) is 0 Å². The van der Waals surface area contributed by atoms with Gasteiger partial charge in [0, 0.05) is 18.1 Å². The average Bonchev–Trinajstić information content (AvgIpc) is 3.32. The van der Waals surface area contributed by atoms with E-state index in [-0.39, 0.29) is 11.9 Å². The third kappa shape index (κ3) is 3.04. The topological polar surface area (TPSA) is 85.4 Å². The van der Waals surface area contributed by atoms with Gasteiger partial charge in [0.25, 0.3) is 11.1 Å². The van der Waals surface area contributed by atoms with Gasteiger partial charge in [0.15, 0.2) is 5.06 Å². The van der Waals surface area contributed by atoms with E-state index in [1.807, 2.05) is 0 Å².